The summed E-state index contributed by atoms with van der Waals surface area (Å²) in [5, 5.41) is 0. The lowest BCUT2D eigenvalue weighted by atomic mass is 9.80. The van der Waals surface area contributed by atoms with Crippen LogP contribution >= 0.6 is 0 Å². The minimum atomic E-state index is 0.824. The Hall–Kier alpha value is -0.590. The van der Waals surface area contributed by atoms with Crippen LogP contribution in [0.3, 0.4) is 0 Å². The van der Waals surface area contributed by atoms with Gasteiger partial charge in [0.15, 0.2) is 0 Å². The van der Waals surface area contributed by atoms with Crippen molar-refractivity contribution in [1.82, 2.24) is 0 Å². The average molecular weight is 149 g/mol. The lowest BCUT2D eigenvalue weighted by Crippen LogP contribution is -2.22. The zero-order valence-electron chi connectivity index (χ0n) is 7.14. The van der Waals surface area contributed by atoms with Crippen molar-refractivity contribution in [3.63, 3.8) is 0 Å². The third-order valence-corrected chi connectivity index (χ3v) is 2.72. The van der Waals surface area contributed by atoms with Gasteiger partial charge in [-0.3, -0.25) is 4.99 Å². The van der Waals surface area contributed by atoms with Crippen molar-refractivity contribution in [3.05, 3.63) is 11.6 Å². The summed E-state index contributed by atoms with van der Waals surface area (Å²) in [6.45, 7) is 3.25. The molecule has 0 aromatic carbocycles. The van der Waals surface area contributed by atoms with Crippen LogP contribution in [-0.4, -0.2) is 12.3 Å². The predicted octanol–water partition coefficient (Wildman–Crippen LogP) is 2.58. The lowest BCUT2D eigenvalue weighted by Gasteiger charge is -2.27. The highest BCUT2D eigenvalue weighted by molar-refractivity contribution is 5.98. The van der Waals surface area contributed by atoms with Crippen molar-refractivity contribution in [2.24, 2.45) is 10.9 Å². The molecule has 0 spiro atoms. The van der Waals surface area contributed by atoms with Gasteiger partial charge < -0.3 is 0 Å². The van der Waals surface area contributed by atoms with Crippen molar-refractivity contribution < 1.29 is 0 Å². The third kappa shape index (κ3) is 1.37. The van der Waals surface area contributed by atoms with E-state index in [0.717, 1.165) is 12.5 Å². The molecule has 1 aliphatic heterocycles. The topological polar surface area (TPSA) is 12.4 Å². The van der Waals surface area contributed by atoms with Crippen LogP contribution in [0, 0.1) is 5.92 Å². The molecule has 0 radical (unpaired) electrons. The Morgan fingerprint density at radius 2 is 2.27 bits per heavy atom. The number of hydrogen-bond acceptors (Lipinski definition) is 1. The van der Waals surface area contributed by atoms with Crippen LogP contribution in [-0.2, 0) is 0 Å². The van der Waals surface area contributed by atoms with Crippen LogP contribution in [0.2, 0.25) is 0 Å². The molecule has 0 saturated heterocycles. The van der Waals surface area contributed by atoms with Crippen LogP contribution in [0.15, 0.2) is 16.6 Å². The fourth-order valence-corrected chi connectivity index (χ4v) is 1.68. The van der Waals surface area contributed by atoms with E-state index in [-0.39, 0.29) is 0 Å². The van der Waals surface area contributed by atoms with Gasteiger partial charge in [0.2, 0.25) is 0 Å². The monoisotopic (exact) mass is 149 g/mol. The van der Waals surface area contributed by atoms with Crippen molar-refractivity contribution >= 4 is 5.71 Å². The molecule has 1 saturated carbocycles. The molecule has 2 aliphatic rings. The number of rotatable bonds is 1. The largest absolute Gasteiger partial charge is 0.289 e. The van der Waals surface area contributed by atoms with E-state index in [0.29, 0.717) is 0 Å². The molecule has 1 fully saturated rings. The first kappa shape index (κ1) is 7.08. The predicted molar refractivity (Wildman–Crippen MR) is 48.0 cm³/mol. The molecule has 0 bridgehead atoms. The molecular formula is C10H15N. The number of dihydropyridines is 1. The van der Waals surface area contributed by atoms with Gasteiger partial charge in [-0.2, -0.15) is 0 Å². The van der Waals surface area contributed by atoms with E-state index >= 15 is 0 Å². The van der Waals surface area contributed by atoms with Gasteiger partial charge >= 0.3 is 0 Å². The van der Waals surface area contributed by atoms with Gasteiger partial charge in [0.05, 0.1) is 0 Å². The zero-order chi connectivity index (χ0) is 7.68. The Balaban J connectivity index is 2.07. The minimum absolute atomic E-state index is 0.824. The lowest BCUT2D eigenvalue weighted by molar-refractivity contribution is 0.413. The van der Waals surface area contributed by atoms with Crippen LogP contribution in [0.1, 0.15) is 32.6 Å². The maximum atomic E-state index is 4.54. The summed E-state index contributed by atoms with van der Waals surface area (Å²) in [5.74, 6) is 0.824. The zero-order valence-corrected chi connectivity index (χ0v) is 7.14. The minimum Gasteiger partial charge on any atom is -0.289 e. The van der Waals surface area contributed by atoms with E-state index in [1.165, 1.54) is 37.0 Å². The molecular weight excluding hydrogens is 134 g/mol. The van der Waals surface area contributed by atoms with Gasteiger partial charge in [0, 0.05) is 18.2 Å². The van der Waals surface area contributed by atoms with E-state index in [4.69, 9.17) is 0 Å². The second-order valence-electron chi connectivity index (χ2n) is 3.68. The molecule has 60 valence electrons. The van der Waals surface area contributed by atoms with Crippen molar-refractivity contribution in [3.8, 4) is 0 Å². The van der Waals surface area contributed by atoms with E-state index in [9.17, 15) is 0 Å². The summed E-state index contributed by atoms with van der Waals surface area (Å²) < 4.78 is 0. The maximum absolute atomic E-state index is 4.54. The number of nitrogens with zero attached hydrogens (tertiary/aromatic N) is 1. The maximum Gasteiger partial charge on any atom is 0.0429 e. The highest BCUT2D eigenvalue weighted by atomic mass is 14.7. The molecule has 11 heavy (non-hydrogen) atoms. The second-order valence-corrected chi connectivity index (χ2v) is 3.68. The van der Waals surface area contributed by atoms with Gasteiger partial charge in [-0.25, -0.2) is 0 Å². The first-order valence-electron chi connectivity index (χ1n) is 4.58. The van der Waals surface area contributed by atoms with E-state index < -0.39 is 0 Å². The van der Waals surface area contributed by atoms with Crippen molar-refractivity contribution in [2.45, 2.75) is 32.6 Å². The second kappa shape index (κ2) is 2.80. The van der Waals surface area contributed by atoms with Gasteiger partial charge in [0.1, 0.15) is 0 Å². The van der Waals surface area contributed by atoms with Crippen LogP contribution in [0.25, 0.3) is 0 Å². The number of aliphatic imine (C=N–C) groups is 1. The van der Waals surface area contributed by atoms with Crippen molar-refractivity contribution in [2.75, 3.05) is 6.54 Å². The summed E-state index contributed by atoms with van der Waals surface area (Å²) >= 11 is 0. The highest BCUT2D eigenvalue weighted by Crippen LogP contribution is 2.29. The van der Waals surface area contributed by atoms with E-state index in [2.05, 4.69) is 18.0 Å². The summed E-state index contributed by atoms with van der Waals surface area (Å²) in [6.07, 6.45) is 7.64. The molecule has 0 N–H and O–H groups in total. The molecule has 1 aliphatic carbocycles. The summed E-state index contributed by atoms with van der Waals surface area (Å²) in [4.78, 5) is 4.54. The van der Waals surface area contributed by atoms with Crippen LogP contribution in [0.5, 0.6) is 0 Å². The fourth-order valence-electron chi connectivity index (χ4n) is 1.68. The van der Waals surface area contributed by atoms with Gasteiger partial charge in [-0.05, 0) is 32.3 Å². The van der Waals surface area contributed by atoms with Crippen LogP contribution < -0.4 is 0 Å². The molecule has 1 heteroatoms. The summed E-state index contributed by atoms with van der Waals surface area (Å²) in [7, 11) is 0. The molecule has 0 atom stereocenters. The first-order valence-corrected chi connectivity index (χ1v) is 4.58. The molecule has 2 rings (SSSR count). The van der Waals surface area contributed by atoms with Crippen LogP contribution in [0.4, 0.5) is 0 Å². The fraction of sp³-hybridized carbons (Fsp3) is 0.700. The Morgan fingerprint density at radius 3 is 2.82 bits per heavy atom. The van der Waals surface area contributed by atoms with Crippen molar-refractivity contribution in [1.29, 1.82) is 0 Å². The highest BCUT2D eigenvalue weighted by Gasteiger charge is 2.22. The smallest absolute Gasteiger partial charge is 0.0429 e. The van der Waals surface area contributed by atoms with E-state index in [1.807, 2.05) is 0 Å². The number of allylic oxidation sites excluding steroid dienone is 1. The molecule has 0 unspecified atom stereocenters. The Kier molecular flexibility index (Phi) is 1.80. The Bertz CT molecular complexity index is 209. The Labute approximate surface area is 68.2 Å². The third-order valence-electron chi connectivity index (χ3n) is 2.72. The van der Waals surface area contributed by atoms with Gasteiger partial charge in [0.25, 0.3) is 0 Å². The number of hydrogen-bond donors (Lipinski definition) is 0. The van der Waals surface area contributed by atoms with E-state index in [1.54, 1.807) is 0 Å². The molecule has 0 aromatic heterocycles. The molecule has 1 nitrogen and oxygen atoms in total. The SMILES string of the molecule is CC1=CC(C2CCC2)=NCC1. The van der Waals surface area contributed by atoms with Gasteiger partial charge in [-0.15, -0.1) is 0 Å². The average Bonchev–Trinajstić information content (AvgIpc) is 1.83. The molecule has 1 heterocycles. The Morgan fingerprint density at radius 1 is 1.45 bits per heavy atom. The molecule has 0 aromatic rings. The standard InChI is InChI=1S/C10H15N/c1-8-5-6-11-10(7-8)9-3-2-4-9/h7,9H,2-6H2,1H3. The summed E-state index contributed by atoms with van der Waals surface area (Å²) in [5.41, 5.74) is 2.90. The van der Waals surface area contributed by atoms with Gasteiger partial charge in [-0.1, -0.05) is 12.0 Å². The summed E-state index contributed by atoms with van der Waals surface area (Å²) in [6, 6.07) is 0. The quantitative estimate of drug-likeness (QED) is 0.543. The normalized spacial score (nSPS) is 25.5. The molecule has 0 amide bonds. The first-order chi connectivity index (χ1) is 5.36.